The van der Waals surface area contributed by atoms with Crippen molar-refractivity contribution in [3.05, 3.63) is 0 Å². The van der Waals surface area contributed by atoms with Gasteiger partial charge in [0.2, 0.25) is 0 Å². The summed E-state index contributed by atoms with van der Waals surface area (Å²) >= 11 is 0. The summed E-state index contributed by atoms with van der Waals surface area (Å²) < 4.78 is 0. The third-order valence-electron chi connectivity index (χ3n) is 2.81. The molecule has 3 atom stereocenters. The zero-order valence-electron chi connectivity index (χ0n) is 6.23. The van der Waals surface area contributed by atoms with Crippen LogP contribution in [0.1, 0.15) is 19.3 Å². The molecular formula is C7H12N2O2. The van der Waals surface area contributed by atoms with E-state index in [0.29, 0.717) is 0 Å². The van der Waals surface area contributed by atoms with E-state index in [2.05, 4.69) is 0 Å². The molecule has 0 aliphatic carbocycles. The number of hydrogen-bond donors (Lipinski definition) is 2. The van der Waals surface area contributed by atoms with Crippen molar-refractivity contribution in [2.75, 3.05) is 0 Å². The minimum absolute atomic E-state index is 0.0878. The molecule has 2 heterocycles. The Bertz CT molecular complexity index is 195. The van der Waals surface area contributed by atoms with Crippen LogP contribution in [0.5, 0.6) is 0 Å². The topological polar surface area (TPSA) is 66.6 Å². The van der Waals surface area contributed by atoms with Crippen LogP contribution in [0, 0.1) is 0 Å². The molecule has 1 amide bonds. The Labute approximate surface area is 65.0 Å². The lowest BCUT2D eigenvalue weighted by Crippen LogP contribution is -2.39. The number of carboxylic acid groups (broad SMARTS) is 1. The van der Waals surface area contributed by atoms with Crippen LogP contribution in [0.4, 0.5) is 4.79 Å². The summed E-state index contributed by atoms with van der Waals surface area (Å²) in [5.74, 6) is 0. The first kappa shape index (κ1) is 6.91. The van der Waals surface area contributed by atoms with Crippen molar-refractivity contribution in [1.29, 1.82) is 0 Å². The molecule has 62 valence electrons. The standard InChI is InChI=1S/C7H12N2O2/c8-5-3-4-1-2-6(5)9(4)7(10)11/h4-6H,1-3,8H2,(H,10,11). The average Bonchev–Trinajstić information content (AvgIpc) is 2.41. The van der Waals surface area contributed by atoms with Gasteiger partial charge in [-0.15, -0.1) is 0 Å². The predicted octanol–water partition coefficient (Wildman–Crippen LogP) is 0.228. The van der Waals surface area contributed by atoms with E-state index in [1.165, 1.54) is 4.90 Å². The van der Waals surface area contributed by atoms with Gasteiger partial charge in [0.15, 0.2) is 0 Å². The van der Waals surface area contributed by atoms with Crippen LogP contribution in [0.25, 0.3) is 0 Å². The van der Waals surface area contributed by atoms with Crippen LogP contribution >= 0.6 is 0 Å². The van der Waals surface area contributed by atoms with Gasteiger partial charge in [0.25, 0.3) is 0 Å². The van der Waals surface area contributed by atoms with Gasteiger partial charge in [0.1, 0.15) is 0 Å². The molecule has 4 heteroatoms. The van der Waals surface area contributed by atoms with Gasteiger partial charge >= 0.3 is 6.09 Å². The molecule has 2 saturated heterocycles. The second kappa shape index (κ2) is 2.11. The minimum Gasteiger partial charge on any atom is -0.465 e. The van der Waals surface area contributed by atoms with Gasteiger partial charge in [0, 0.05) is 12.1 Å². The molecule has 2 aliphatic heterocycles. The van der Waals surface area contributed by atoms with E-state index in [1.54, 1.807) is 0 Å². The average molecular weight is 156 g/mol. The Morgan fingerprint density at radius 1 is 1.55 bits per heavy atom. The number of fused-ring (bicyclic) bond motifs is 2. The molecule has 4 nitrogen and oxygen atoms in total. The first-order chi connectivity index (χ1) is 5.20. The normalized spacial score (nSPS) is 41.5. The lowest BCUT2D eigenvalue weighted by atomic mass is 9.97. The Morgan fingerprint density at radius 3 is 2.55 bits per heavy atom. The summed E-state index contributed by atoms with van der Waals surface area (Å²) in [6, 6.07) is 0.412. The summed E-state index contributed by atoms with van der Waals surface area (Å²) in [5, 5.41) is 8.78. The van der Waals surface area contributed by atoms with Gasteiger partial charge in [-0.1, -0.05) is 0 Å². The molecule has 2 aliphatic rings. The lowest BCUT2D eigenvalue weighted by molar-refractivity contribution is 0.138. The Hall–Kier alpha value is -0.770. The number of amides is 1. The molecule has 0 aromatic carbocycles. The summed E-state index contributed by atoms with van der Waals surface area (Å²) in [6.07, 6.45) is 2.02. The maximum absolute atomic E-state index is 10.7. The first-order valence-electron chi connectivity index (χ1n) is 3.97. The number of carbonyl (C=O) groups is 1. The number of nitrogens with zero attached hydrogens (tertiary/aromatic N) is 1. The maximum atomic E-state index is 10.7. The van der Waals surface area contributed by atoms with Gasteiger partial charge in [-0.3, -0.25) is 0 Å². The molecule has 2 bridgehead atoms. The van der Waals surface area contributed by atoms with Gasteiger partial charge < -0.3 is 15.7 Å². The van der Waals surface area contributed by atoms with E-state index < -0.39 is 6.09 Å². The third-order valence-corrected chi connectivity index (χ3v) is 2.81. The molecule has 0 saturated carbocycles. The molecule has 11 heavy (non-hydrogen) atoms. The molecule has 0 spiro atoms. The van der Waals surface area contributed by atoms with E-state index in [0.717, 1.165) is 19.3 Å². The first-order valence-corrected chi connectivity index (χ1v) is 3.97. The fraction of sp³-hybridized carbons (Fsp3) is 0.857. The van der Waals surface area contributed by atoms with Gasteiger partial charge in [-0.25, -0.2) is 4.79 Å². The van der Waals surface area contributed by atoms with Crippen molar-refractivity contribution >= 4 is 6.09 Å². The van der Waals surface area contributed by atoms with E-state index in [9.17, 15) is 4.79 Å². The lowest BCUT2D eigenvalue weighted by Gasteiger charge is -2.18. The van der Waals surface area contributed by atoms with Crippen LogP contribution < -0.4 is 5.73 Å². The van der Waals surface area contributed by atoms with Crippen molar-refractivity contribution in [2.24, 2.45) is 5.73 Å². The van der Waals surface area contributed by atoms with Crippen LogP contribution in [-0.2, 0) is 0 Å². The van der Waals surface area contributed by atoms with E-state index in [1.807, 2.05) is 0 Å². The molecular weight excluding hydrogens is 144 g/mol. The van der Waals surface area contributed by atoms with E-state index in [4.69, 9.17) is 10.8 Å². The number of nitrogens with two attached hydrogens (primary N) is 1. The summed E-state index contributed by atoms with van der Waals surface area (Å²) in [6.45, 7) is 0. The molecule has 3 N–H and O–H groups in total. The molecule has 0 aromatic heterocycles. The van der Waals surface area contributed by atoms with Gasteiger partial charge in [0.05, 0.1) is 6.04 Å². The Kier molecular flexibility index (Phi) is 1.32. The molecule has 0 radical (unpaired) electrons. The molecule has 2 fully saturated rings. The van der Waals surface area contributed by atoms with Gasteiger partial charge in [-0.05, 0) is 19.3 Å². The zero-order chi connectivity index (χ0) is 8.01. The summed E-state index contributed by atoms with van der Waals surface area (Å²) in [4.78, 5) is 12.2. The monoisotopic (exact) mass is 156 g/mol. The van der Waals surface area contributed by atoms with E-state index >= 15 is 0 Å². The second-order valence-electron chi connectivity index (χ2n) is 3.39. The SMILES string of the molecule is NC1CC2CCC1N2C(=O)O. The van der Waals surface area contributed by atoms with Crippen molar-refractivity contribution < 1.29 is 9.90 Å². The molecule has 0 aromatic rings. The highest BCUT2D eigenvalue weighted by molar-refractivity contribution is 5.67. The van der Waals surface area contributed by atoms with Crippen LogP contribution in [0.15, 0.2) is 0 Å². The van der Waals surface area contributed by atoms with Crippen molar-refractivity contribution in [1.82, 2.24) is 4.90 Å². The van der Waals surface area contributed by atoms with Crippen LogP contribution in [0.2, 0.25) is 0 Å². The maximum Gasteiger partial charge on any atom is 0.407 e. The largest absolute Gasteiger partial charge is 0.465 e. The highest BCUT2D eigenvalue weighted by Gasteiger charge is 2.47. The van der Waals surface area contributed by atoms with Crippen molar-refractivity contribution in [2.45, 2.75) is 37.4 Å². The van der Waals surface area contributed by atoms with Crippen LogP contribution in [0.3, 0.4) is 0 Å². The quantitative estimate of drug-likeness (QED) is 0.527. The van der Waals surface area contributed by atoms with Crippen LogP contribution in [-0.4, -0.2) is 34.2 Å². The van der Waals surface area contributed by atoms with E-state index in [-0.39, 0.29) is 18.1 Å². The predicted molar refractivity (Wildman–Crippen MR) is 39.3 cm³/mol. The fourth-order valence-electron chi connectivity index (χ4n) is 2.33. The number of hydrogen-bond acceptors (Lipinski definition) is 2. The van der Waals surface area contributed by atoms with Gasteiger partial charge in [-0.2, -0.15) is 0 Å². The highest BCUT2D eigenvalue weighted by Crippen LogP contribution is 2.36. The molecule has 3 unspecified atom stereocenters. The minimum atomic E-state index is -0.801. The fourth-order valence-corrected chi connectivity index (χ4v) is 2.33. The smallest absolute Gasteiger partial charge is 0.407 e. The summed E-state index contributed by atoms with van der Waals surface area (Å²) in [7, 11) is 0. The Morgan fingerprint density at radius 2 is 2.27 bits per heavy atom. The van der Waals surface area contributed by atoms with Crippen molar-refractivity contribution in [3.63, 3.8) is 0 Å². The third kappa shape index (κ3) is 0.822. The highest BCUT2D eigenvalue weighted by atomic mass is 16.4. The zero-order valence-corrected chi connectivity index (χ0v) is 6.23. The Balaban J connectivity index is 2.19. The molecule has 2 rings (SSSR count). The second-order valence-corrected chi connectivity index (χ2v) is 3.39. The summed E-state index contributed by atoms with van der Waals surface area (Å²) in [5.41, 5.74) is 5.74. The van der Waals surface area contributed by atoms with Crippen molar-refractivity contribution in [3.8, 4) is 0 Å². The number of rotatable bonds is 0.